The molecule has 1 N–H and O–H groups in total. The van der Waals surface area contributed by atoms with E-state index < -0.39 is 5.97 Å². The van der Waals surface area contributed by atoms with Crippen molar-refractivity contribution < 1.29 is 19.4 Å². The van der Waals surface area contributed by atoms with Crippen LogP contribution in [0.4, 0.5) is 0 Å². The second-order valence-electron chi connectivity index (χ2n) is 3.80. The van der Waals surface area contributed by atoms with Crippen molar-refractivity contribution in [1.29, 1.82) is 0 Å². The van der Waals surface area contributed by atoms with Gasteiger partial charge in [-0.2, -0.15) is 0 Å². The molecular formula is C13H17NO4. The lowest BCUT2D eigenvalue weighted by Crippen LogP contribution is -2.36. The molecule has 1 amide bonds. The predicted octanol–water partition coefficient (Wildman–Crippen LogP) is 0.571. The van der Waals surface area contributed by atoms with Gasteiger partial charge < -0.3 is 14.7 Å². The van der Waals surface area contributed by atoms with Crippen LogP contribution in [0.25, 0.3) is 0 Å². The Morgan fingerprint density at radius 1 is 1.28 bits per heavy atom. The van der Waals surface area contributed by atoms with Gasteiger partial charge in [0, 0.05) is 20.0 Å². The van der Waals surface area contributed by atoms with Gasteiger partial charge in [-0.25, -0.2) is 0 Å². The van der Waals surface area contributed by atoms with E-state index in [-0.39, 0.29) is 25.7 Å². The Kier molecular flexibility index (Phi) is 5.87. The summed E-state index contributed by atoms with van der Waals surface area (Å²) in [5.41, 5.74) is 0.960. The van der Waals surface area contributed by atoms with Gasteiger partial charge in [-0.3, -0.25) is 9.59 Å². The number of hydrogen-bond donors (Lipinski definition) is 1. The SMILES string of the molecule is CC(=O)OCC(=O)N(CCO)Cc1ccccc1. The van der Waals surface area contributed by atoms with E-state index in [0.717, 1.165) is 5.56 Å². The van der Waals surface area contributed by atoms with Crippen LogP contribution < -0.4 is 0 Å². The molecule has 0 fully saturated rings. The summed E-state index contributed by atoms with van der Waals surface area (Å²) in [5.74, 6) is -0.810. The van der Waals surface area contributed by atoms with Crippen molar-refractivity contribution >= 4 is 11.9 Å². The monoisotopic (exact) mass is 251 g/mol. The molecule has 0 aliphatic carbocycles. The summed E-state index contributed by atoms with van der Waals surface area (Å²) < 4.78 is 4.66. The summed E-state index contributed by atoms with van der Waals surface area (Å²) in [4.78, 5) is 23.9. The predicted molar refractivity (Wildman–Crippen MR) is 65.6 cm³/mol. The van der Waals surface area contributed by atoms with Crippen LogP contribution >= 0.6 is 0 Å². The molecule has 18 heavy (non-hydrogen) atoms. The van der Waals surface area contributed by atoms with Crippen LogP contribution in [0.15, 0.2) is 30.3 Å². The van der Waals surface area contributed by atoms with E-state index in [4.69, 9.17) is 5.11 Å². The summed E-state index contributed by atoms with van der Waals surface area (Å²) in [5, 5.41) is 8.94. The second kappa shape index (κ2) is 7.45. The molecule has 0 heterocycles. The molecule has 1 aromatic carbocycles. The Morgan fingerprint density at radius 3 is 2.50 bits per heavy atom. The zero-order chi connectivity index (χ0) is 13.4. The summed E-state index contributed by atoms with van der Waals surface area (Å²) in [6.45, 7) is 1.44. The Balaban J connectivity index is 2.58. The van der Waals surface area contributed by atoms with Gasteiger partial charge in [-0.15, -0.1) is 0 Å². The molecule has 0 bridgehead atoms. The molecule has 0 aliphatic heterocycles. The van der Waals surface area contributed by atoms with Crippen molar-refractivity contribution in [2.24, 2.45) is 0 Å². The third kappa shape index (κ3) is 4.97. The number of carbonyl (C=O) groups excluding carboxylic acids is 2. The van der Waals surface area contributed by atoms with Crippen LogP contribution in [0.2, 0.25) is 0 Å². The molecule has 0 spiro atoms. The van der Waals surface area contributed by atoms with Crippen molar-refractivity contribution in [1.82, 2.24) is 4.90 Å². The van der Waals surface area contributed by atoms with Crippen molar-refractivity contribution in [3.05, 3.63) is 35.9 Å². The number of nitrogens with zero attached hydrogens (tertiary/aromatic N) is 1. The highest BCUT2D eigenvalue weighted by atomic mass is 16.5. The lowest BCUT2D eigenvalue weighted by molar-refractivity contribution is -0.150. The number of rotatable bonds is 6. The number of aliphatic hydroxyl groups is 1. The van der Waals surface area contributed by atoms with Crippen LogP contribution in [0.5, 0.6) is 0 Å². The van der Waals surface area contributed by atoms with Crippen molar-refractivity contribution in [3.63, 3.8) is 0 Å². The molecule has 0 atom stereocenters. The lowest BCUT2D eigenvalue weighted by atomic mass is 10.2. The second-order valence-corrected chi connectivity index (χ2v) is 3.80. The van der Waals surface area contributed by atoms with Crippen LogP contribution in [0, 0.1) is 0 Å². The minimum Gasteiger partial charge on any atom is -0.456 e. The number of amides is 1. The third-order valence-corrected chi connectivity index (χ3v) is 2.34. The molecule has 0 unspecified atom stereocenters. The highest BCUT2D eigenvalue weighted by Crippen LogP contribution is 2.04. The van der Waals surface area contributed by atoms with E-state index in [9.17, 15) is 9.59 Å². The number of aliphatic hydroxyl groups excluding tert-OH is 1. The highest BCUT2D eigenvalue weighted by Gasteiger charge is 2.14. The van der Waals surface area contributed by atoms with E-state index in [1.54, 1.807) is 0 Å². The molecule has 98 valence electrons. The molecule has 0 saturated heterocycles. The molecule has 5 heteroatoms. The van der Waals surface area contributed by atoms with E-state index >= 15 is 0 Å². The van der Waals surface area contributed by atoms with Crippen LogP contribution in [-0.2, 0) is 20.9 Å². The topological polar surface area (TPSA) is 66.8 Å². The first-order chi connectivity index (χ1) is 8.63. The van der Waals surface area contributed by atoms with Crippen molar-refractivity contribution in [2.75, 3.05) is 19.8 Å². The van der Waals surface area contributed by atoms with Gasteiger partial charge in [0.15, 0.2) is 6.61 Å². The molecule has 0 radical (unpaired) electrons. The van der Waals surface area contributed by atoms with Gasteiger partial charge in [0.1, 0.15) is 0 Å². The smallest absolute Gasteiger partial charge is 0.303 e. The number of hydrogen-bond acceptors (Lipinski definition) is 4. The molecule has 1 aromatic rings. The summed E-state index contributed by atoms with van der Waals surface area (Å²) in [7, 11) is 0. The molecule has 0 aromatic heterocycles. The van der Waals surface area contributed by atoms with Gasteiger partial charge in [0.2, 0.25) is 0 Å². The highest BCUT2D eigenvalue weighted by molar-refractivity contribution is 5.80. The Labute approximate surface area is 106 Å². The standard InChI is InChI=1S/C13H17NO4/c1-11(16)18-10-13(17)14(7-8-15)9-12-5-3-2-4-6-12/h2-6,15H,7-10H2,1H3. The molecule has 5 nitrogen and oxygen atoms in total. The summed E-state index contributed by atoms with van der Waals surface area (Å²) in [6, 6.07) is 9.43. The van der Waals surface area contributed by atoms with Crippen molar-refractivity contribution in [3.8, 4) is 0 Å². The molecule has 1 rings (SSSR count). The molecule has 0 saturated carbocycles. The van der Waals surface area contributed by atoms with Crippen LogP contribution in [0.1, 0.15) is 12.5 Å². The largest absolute Gasteiger partial charge is 0.456 e. The van der Waals surface area contributed by atoms with E-state index in [1.807, 2.05) is 30.3 Å². The average Bonchev–Trinajstić information content (AvgIpc) is 2.36. The first-order valence-electron chi connectivity index (χ1n) is 5.69. The number of benzene rings is 1. The Bertz CT molecular complexity index is 391. The van der Waals surface area contributed by atoms with Gasteiger partial charge in [-0.1, -0.05) is 30.3 Å². The fraction of sp³-hybridized carbons (Fsp3) is 0.385. The fourth-order valence-electron chi connectivity index (χ4n) is 1.47. The summed E-state index contributed by atoms with van der Waals surface area (Å²) >= 11 is 0. The van der Waals surface area contributed by atoms with Crippen LogP contribution in [0.3, 0.4) is 0 Å². The van der Waals surface area contributed by atoms with E-state index in [0.29, 0.717) is 6.54 Å². The van der Waals surface area contributed by atoms with E-state index in [1.165, 1.54) is 11.8 Å². The maximum absolute atomic E-state index is 11.8. The summed E-state index contributed by atoms with van der Waals surface area (Å²) in [6.07, 6.45) is 0. The minimum absolute atomic E-state index is 0.126. The van der Waals surface area contributed by atoms with Crippen molar-refractivity contribution in [2.45, 2.75) is 13.5 Å². The van der Waals surface area contributed by atoms with Gasteiger partial charge in [0.25, 0.3) is 5.91 Å². The minimum atomic E-state index is -0.494. The number of carbonyl (C=O) groups is 2. The zero-order valence-electron chi connectivity index (χ0n) is 10.3. The normalized spacial score (nSPS) is 9.89. The fourth-order valence-corrected chi connectivity index (χ4v) is 1.47. The molecule has 0 aliphatic rings. The van der Waals surface area contributed by atoms with Gasteiger partial charge in [0.05, 0.1) is 6.61 Å². The number of ether oxygens (including phenoxy) is 1. The first kappa shape index (κ1) is 14.2. The van der Waals surface area contributed by atoms with Gasteiger partial charge >= 0.3 is 5.97 Å². The Hall–Kier alpha value is -1.88. The first-order valence-corrected chi connectivity index (χ1v) is 5.69. The van der Waals surface area contributed by atoms with Gasteiger partial charge in [-0.05, 0) is 5.56 Å². The molecular weight excluding hydrogens is 234 g/mol. The van der Waals surface area contributed by atoms with E-state index in [2.05, 4.69) is 4.74 Å². The lowest BCUT2D eigenvalue weighted by Gasteiger charge is -2.21. The quantitative estimate of drug-likeness (QED) is 0.751. The maximum Gasteiger partial charge on any atom is 0.303 e. The van der Waals surface area contributed by atoms with Crippen LogP contribution in [-0.4, -0.2) is 41.6 Å². The third-order valence-electron chi connectivity index (χ3n) is 2.34. The average molecular weight is 251 g/mol. The maximum atomic E-state index is 11.8. The Morgan fingerprint density at radius 2 is 1.94 bits per heavy atom. The number of esters is 1. The zero-order valence-corrected chi connectivity index (χ0v) is 10.3.